The van der Waals surface area contributed by atoms with Crippen molar-refractivity contribution < 1.29 is 13.2 Å². The fourth-order valence-corrected chi connectivity index (χ4v) is 3.06. The van der Waals surface area contributed by atoms with Crippen LogP contribution in [0.15, 0.2) is 48.9 Å². The number of halogens is 3. The molecule has 0 amide bonds. The molecule has 0 spiro atoms. The number of hydrogen-bond donors (Lipinski definition) is 2. The lowest BCUT2D eigenvalue weighted by Crippen LogP contribution is -2.23. The summed E-state index contributed by atoms with van der Waals surface area (Å²) in [6.07, 6.45) is 2.05. The largest absolute Gasteiger partial charge is 0.433 e. The van der Waals surface area contributed by atoms with Gasteiger partial charge in [-0.05, 0) is 49.1 Å². The van der Waals surface area contributed by atoms with Gasteiger partial charge in [0.1, 0.15) is 5.69 Å². The zero-order valence-electron chi connectivity index (χ0n) is 15.3. The number of alkyl halides is 3. The van der Waals surface area contributed by atoms with Crippen LogP contribution in [0, 0.1) is 0 Å². The Balaban J connectivity index is 1.34. The lowest BCUT2D eigenvalue weighted by atomic mass is 10.0. The average molecular weight is 401 g/mol. The molecule has 0 aliphatic carbocycles. The minimum atomic E-state index is -4.44. The molecule has 7 nitrogen and oxygen atoms in total. The first-order chi connectivity index (χ1) is 13.9. The van der Waals surface area contributed by atoms with E-state index in [-0.39, 0.29) is 6.04 Å². The summed E-state index contributed by atoms with van der Waals surface area (Å²) in [6.45, 7) is 0. The highest BCUT2D eigenvalue weighted by atomic mass is 19.4. The van der Waals surface area contributed by atoms with Crippen LogP contribution in [-0.4, -0.2) is 36.2 Å². The van der Waals surface area contributed by atoms with Crippen LogP contribution in [0.2, 0.25) is 0 Å². The molecule has 1 atom stereocenters. The van der Waals surface area contributed by atoms with E-state index in [9.17, 15) is 13.2 Å². The smallest absolute Gasteiger partial charge is 0.327 e. The molecule has 10 heteroatoms. The van der Waals surface area contributed by atoms with Crippen molar-refractivity contribution in [3.8, 4) is 5.69 Å². The molecule has 3 aromatic heterocycles. The maximum absolute atomic E-state index is 12.6. The van der Waals surface area contributed by atoms with Gasteiger partial charge in [-0.25, -0.2) is 4.68 Å². The molecule has 4 aromatic rings. The van der Waals surface area contributed by atoms with Gasteiger partial charge in [0.25, 0.3) is 0 Å². The second kappa shape index (κ2) is 7.63. The summed E-state index contributed by atoms with van der Waals surface area (Å²) in [5, 5.41) is 16.2. The van der Waals surface area contributed by atoms with E-state index in [1.807, 2.05) is 24.4 Å². The van der Waals surface area contributed by atoms with Crippen LogP contribution in [0.1, 0.15) is 23.4 Å². The summed E-state index contributed by atoms with van der Waals surface area (Å²) < 4.78 is 39.4. The SMILES string of the molecule is N[C@H](CCc1cn(-c2ccc3[nH]ncc3c2)nn1)Cc1ccc(C(F)(F)F)nc1. The van der Waals surface area contributed by atoms with E-state index < -0.39 is 11.9 Å². The summed E-state index contributed by atoms with van der Waals surface area (Å²) in [5.41, 5.74) is 8.50. The number of hydrogen-bond acceptors (Lipinski definition) is 5. The monoisotopic (exact) mass is 401 g/mol. The summed E-state index contributed by atoms with van der Waals surface area (Å²) in [5.74, 6) is 0. The normalized spacial score (nSPS) is 13.1. The number of rotatable bonds is 6. The maximum atomic E-state index is 12.6. The Bertz CT molecular complexity index is 1100. The highest BCUT2D eigenvalue weighted by Crippen LogP contribution is 2.27. The number of H-pyrrole nitrogens is 1. The molecular formula is C19H18F3N7. The predicted molar refractivity (Wildman–Crippen MR) is 100 cm³/mol. The van der Waals surface area contributed by atoms with E-state index in [4.69, 9.17) is 5.73 Å². The summed E-state index contributed by atoms with van der Waals surface area (Å²) in [7, 11) is 0. The van der Waals surface area contributed by atoms with Crippen LogP contribution in [0.3, 0.4) is 0 Å². The van der Waals surface area contributed by atoms with Crippen molar-refractivity contribution in [2.75, 3.05) is 0 Å². The molecular weight excluding hydrogens is 383 g/mol. The van der Waals surface area contributed by atoms with Gasteiger partial charge in [0.2, 0.25) is 0 Å². The number of aromatic nitrogens is 6. The standard InChI is InChI=1S/C19H18F3N7/c20-19(21,22)18-6-1-12(9-24-18)7-14(23)2-3-15-11-29(28-26-15)16-4-5-17-13(8-16)10-25-27-17/h1,4-6,8-11,14H,2-3,7,23H2,(H,25,27)/t14-/m1/s1. The van der Waals surface area contributed by atoms with Crippen molar-refractivity contribution >= 4 is 10.9 Å². The van der Waals surface area contributed by atoms with Crippen LogP contribution in [0.5, 0.6) is 0 Å². The molecule has 0 bridgehead atoms. The van der Waals surface area contributed by atoms with Gasteiger partial charge in [-0.2, -0.15) is 18.3 Å². The second-order valence-corrected chi connectivity index (χ2v) is 6.85. The second-order valence-electron chi connectivity index (χ2n) is 6.85. The third-order valence-corrected chi connectivity index (χ3v) is 4.61. The fourth-order valence-electron chi connectivity index (χ4n) is 3.06. The van der Waals surface area contributed by atoms with E-state index in [0.29, 0.717) is 24.8 Å². The zero-order valence-corrected chi connectivity index (χ0v) is 15.3. The molecule has 3 N–H and O–H groups in total. The molecule has 1 aromatic carbocycles. The van der Waals surface area contributed by atoms with E-state index in [2.05, 4.69) is 25.5 Å². The number of benzene rings is 1. The van der Waals surface area contributed by atoms with Crippen LogP contribution in [0.4, 0.5) is 13.2 Å². The Morgan fingerprint density at radius 1 is 1.14 bits per heavy atom. The average Bonchev–Trinajstić information content (AvgIpc) is 3.35. The van der Waals surface area contributed by atoms with Crippen molar-refractivity contribution in [3.05, 3.63) is 65.9 Å². The third kappa shape index (κ3) is 4.43. The minimum Gasteiger partial charge on any atom is -0.327 e. The maximum Gasteiger partial charge on any atom is 0.433 e. The fraction of sp³-hybridized carbons (Fsp3) is 0.263. The summed E-state index contributed by atoms with van der Waals surface area (Å²) in [6, 6.07) is 7.97. The predicted octanol–water partition coefficient (Wildman–Crippen LogP) is 3.06. The lowest BCUT2D eigenvalue weighted by molar-refractivity contribution is -0.141. The molecule has 3 heterocycles. The molecule has 0 aliphatic rings. The van der Waals surface area contributed by atoms with Gasteiger partial charge >= 0.3 is 6.18 Å². The Morgan fingerprint density at radius 3 is 2.76 bits per heavy atom. The molecule has 0 aliphatic heterocycles. The summed E-state index contributed by atoms with van der Waals surface area (Å²) >= 11 is 0. The molecule has 0 saturated heterocycles. The molecule has 29 heavy (non-hydrogen) atoms. The van der Waals surface area contributed by atoms with Gasteiger partial charge in [-0.1, -0.05) is 11.3 Å². The van der Waals surface area contributed by atoms with E-state index in [0.717, 1.165) is 28.4 Å². The Morgan fingerprint density at radius 2 is 2.00 bits per heavy atom. The van der Waals surface area contributed by atoms with Crippen molar-refractivity contribution in [2.24, 2.45) is 5.73 Å². The first-order valence-corrected chi connectivity index (χ1v) is 9.01. The first kappa shape index (κ1) is 19.1. The van der Waals surface area contributed by atoms with Crippen molar-refractivity contribution in [2.45, 2.75) is 31.5 Å². The number of pyridine rings is 1. The number of nitrogens with zero attached hydrogens (tertiary/aromatic N) is 5. The van der Waals surface area contributed by atoms with Crippen molar-refractivity contribution in [1.29, 1.82) is 0 Å². The quantitative estimate of drug-likeness (QED) is 0.517. The van der Waals surface area contributed by atoms with Gasteiger partial charge in [0, 0.05) is 17.6 Å². The molecule has 0 radical (unpaired) electrons. The molecule has 150 valence electrons. The number of aromatic amines is 1. The van der Waals surface area contributed by atoms with Gasteiger partial charge < -0.3 is 5.73 Å². The van der Waals surface area contributed by atoms with Gasteiger partial charge in [-0.3, -0.25) is 10.1 Å². The Kier molecular flexibility index (Phi) is 5.01. The molecule has 0 unspecified atom stereocenters. The first-order valence-electron chi connectivity index (χ1n) is 9.01. The van der Waals surface area contributed by atoms with Crippen LogP contribution in [-0.2, 0) is 19.0 Å². The Labute approximate surface area is 163 Å². The highest BCUT2D eigenvalue weighted by Gasteiger charge is 2.32. The van der Waals surface area contributed by atoms with Crippen molar-refractivity contribution in [3.63, 3.8) is 0 Å². The topological polar surface area (TPSA) is 98.3 Å². The Hall–Kier alpha value is -3.27. The van der Waals surface area contributed by atoms with Crippen LogP contribution in [0.25, 0.3) is 16.6 Å². The van der Waals surface area contributed by atoms with Gasteiger partial charge in [-0.15, -0.1) is 5.10 Å². The number of nitrogens with two attached hydrogens (primary N) is 1. The van der Waals surface area contributed by atoms with Gasteiger partial charge in [0.05, 0.1) is 29.3 Å². The van der Waals surface area contributed by atoms with Crippen LogP contribution < -0.4 is 5.73 Å². The number of aryl methyl sites for hydroxylation is 1. The van der Waals surface area contributed by atoms with E-state index >= 15 is 0 Å². The van der Waals surface area contributed by atoms with Gasteiger partial charge in [0.15, 0.2) is 0 Å². The zero-order chi connectivity index (χ0) is 20.4. The number of nitrogens with one attached hydrogen (secondary N) is 1. The summed E-state index contributed by atoms with van der Waals surface area (Å²) in [4.78, 5) is 3.46. The highest BCUT2D eigenvalue weighted by molar-refractivity contribution is 5.80. The number of fused-ring (bicyclic) bond motifs is 1. The van der Waals surface area contributed by atoms with E-state index in [1.54, 1.807) is 10.9 Å². The molecule has 0 fully saturated rings. The minimum absolute atomic E-state index is 0.221. The lowest BCUT2D eigenvalue weighted by Gasteiger charge is -2.11. The molecule has 4 rings (SSSR count). The van der Waals surface area contributed by atoms with Crippen LogP contribution >= 0.6 is 0 Å². The molecule has 0 saturated carbocycles. The van der Waals surface area contributed by atoms with Crippen molar-refractivity contribution in [1.82, 2.24) is 30.2 Å². The van der Waals surface area contributed by atoms with E-state index in [1.165, 1.54) is 12.3 Å². The third-order valence-electron chi connectivity index (χ3n) is 4.61.